The second-order valence-corrected chi connectivity index (χ2v) is 7.42. The number of thioether (sulfide) groups is 1. The van der Waals surface area contributed by atoms with Crippen molar-refractivity contribution in [3.05, 3.63) is 64.8 Å². The highest BCUT2D eigenvalue weighted by Gasteiger charge is 2.11. The molecule has 0 saturated heterocycles. The summed E-state index contributed by atoms with van der Waals surface area (Å²) in [5, 5.41) is 4.83. The van der Waals surface area contributed by atoms with Gasteiger partial charge in [0, 0.05) is 46.4 Å². The summed E-state index contributed by atoms with van der Waals surface area (Å²) in [7, 11) is 1.68. The summed E-state index contributed by atoms with van der Waals surface area (Å²) in [6.45, 7) is 1.22. The van der Waals surface area contributed by atoms with Gasteiger partial charge in [-0.05, 0) is 42.3 Å². The zero-order chi connectivity index (χ0) is 18.4. The molecule has 1 aromatic heterocycles. The van der Waals surface area contributed by atoms with Crippen molar-refractivity contribution in [2.75, 3.05) is 26.0 Å². The van der Waals surface area contributed by atoms with Gasteiger partial charge in [0.05, 0.1) is 12.2 Å². The molecule has 0 spiro atoms. The molecule has 0 unspecified atom stereocenters. The molecule has 3 rings (SSSR count). The number of hydrogen-bond donors (Lipinski definition) is 2. The number of ether oxygens (including phenoxy) is 1. The van der Waals surface area contributed by atoms with E-state index in [9.17, 15) is 4.79 Å². The number of fused-ring (bicyclic) bond motifs is 1. The topological polar surface area (TPSA) is 54.1 Å². The van der Waals surface area contributed by atoms with Gasteiger partial charge >= 0.3 is 0 Å². The van der Waals surface area contributed by atoms with E-state index in [1.807, 2.05) is 48.7 Å². The monoisotopic (exact) mass is 388 g/mol. The number of rotatable bonds is 8. The molecule has 0 saturated carbocycles. The van der Waals surface area contributed by atoms with Gasteiger partial charge in [-0.3, -0.25) is 4.79 Å². The molecule has 2 aromatic carbocycles. The highest BCUT2D eigenvalue weighted by atomic mass is 35.5. The van der Waals surface area contributed by atoms with Crippen LogP contribution in [0.2, 0.25) is 5.02 Å². The van der Waals surface area contributed by atoms with Crippen LogP contribution >= 0.6 is 23.4 Å². The number of methoxy groups -OCH3 is 1. The van der Waals surface area contributed by atoms with E-state index in [-0.39, 0.29) is 5.91 Å². The van der Waals surface area contributed by atoms with Gasteiger partial charge in [-0.25, -0.2) is 0 Å². The summed E-state index contributed by atoms with van der Waals surface area (Å²) >= 11 is 7.72. The Bertz CT molecular complexity index is 894. The Labute approximate surface area is 162 Å². The first kappa shape index (κ1) is 18.8. The zero-order valence-corrected chi connectivity index (χ0v) is 16.1. The Balaban J connectivity index is 1.61. The molecule has 136 valence electrons. The lowest BCUT2D eigenvalue weighted by molar-refractivity contribution is 0.0951. The Morgan fingerprint density at radius 2 is 2.12 bits per heavy atom. The third-order valence-electron chi connectivity index (χ3n) is 4.09. The van der Waals surface area contributed by atoms with Crippen molar-refractivity contribution in [1.29, 1.82) is 0 Å². The molecule has 26 heavy (non-hydrogen) atoms. The third-order valence-corrected chi connectivity index (χ3v) is 5.36. The van der Waals surface area contributed by atoms with Crippen LogP contribution in [0.3, 0.4) is 0 Å². The summed E-state index contributed by atoms with van der Waals surface area (Å²) in [4.78, 5) is 16.8. The first-order chi connectivity index (χ1) is 12.7. The van der Waals surface area contributed by atoms with Crippen molar-refractivity contribution in [3.63, 3.8) is 0 Å². The van der Waals surface area contributed by atoms with Crippen molar-refractivity contribution >= 4 is 40.2 Å². The predicted molar refractivity (Wildman–Crippen MR) is 108 cm³/mol. The van der Waals surface area contributed by atoms with Crippen molar-refractivity contribution in [2.45, 2.75) is 11.3 Å². The second kappa shape index (κ2) is 9.12. The third kappa shape index (κ3) is 4.61. The minimum Gasteiger partial charge on any atom is -0.384 e. The van der Waals surface area contributed by atoms with Crippen LogP contribution in [0.4, 0.5) is 0 Å². The lowest BCUT2D eigenvalue weighted by atomic mass is 10.1. The van der Waals surface area contributed by atoms with Gasteiger partial charge in [-0.1, -0.05) is 23.7 Å². The van der Waals surface area contributed by atoms with Crippen molar-refractivity contribution < 1.29 is 9.53 Å². The van der Waals surface area contributed by atoms with Crippen LogP contribution in [0.25, 0.3) is 10.9 Å². The van der Waals surface area contributed by atoms with E-state index < -0.39 is 0 Å². The normalized spacial score (nSPS) is 11.0. The highest BCUT2D eigenvalue weighted by Crippen LogP contribution is 2.24. The molecular weight excluding hydrogens is 368 g/mol. The van der Waals surface area contributed by atoms with Crippen LogP contribution in [-0.4, -0.2) is 36.9 Å². The molecule has 0 radical (unpaired) electrons. The number of amides is 1. The van der Waals surface area contributed by atoms with Gasteiger partial charge in [-0.15, -0.1) is 11.8 Å². The molecular formula is C20H21ClN2O2S. The van der Waals surface area contributed by atoms with Crippen molar-refractivity contribution in [2.24, 2.45) is 0 Å². The number of hydrogen-bond acceptors (Lipinski definition) is 3. The summed E-state index contributed by atoms with van der Waals surface area (Å²) < 4.78 is 5.08. The summed E-state index contributed by atoms with van der Waals surface area (Å²) in [6.07, 6.45) is 2.72. The lowest BCUT2D eigenvalue weighted by Crippen LogP contribution is -2.26. The van der Waals surface area contributed by atoms with Gasteiger partial charge in [0.1, 0.15) is 0 Å². The maximum atomic E-state index is 12.6. The van der Waals surface area contributed by atoms with E-state index in [1.54, 1.807) is 18.9 Å². The molecule has 0 aliphatic carbocycles. The fourth-order valence-corrected chi connectivity index (χ4v) is 3.91. The number of aromatic amines is 1. The highest BCUT2D eigenvalue weighted by molar-refractivity contribution is 7.99. The Kier molecular flexibility index (Phi) is 6.61. The molecule has 0 bridgehead atoms. The lowest BCUT2D eigenvalue weighted by Gasteiger charge is -2.09. The van der Waals surface area contributed by atoms with Gasteiger partial charge in [0.15, 0.2) is 0 Å². The number of carbonyl (C=O) groups excluding carboxylic acids is 1. The van der Waals surface area contributed by atoms with E-state index >= 15 is 0 Å². The largest absolute Gasteiger partial charge is 0.384 e. The van der Waals surface area contributed by atoms with Crippen molar-refractivity contribution in [1.82, 2.24) is 10.3 Å². The molecule has 1 amide bonds. The van der Waals surface area contributed by atoms with Gasteiger partial charge in [0.2, 0.25) is 0 Å². The van der Waals surface area contributed by atoms with Gasteiger partial charge < -0.3 is 15.0 Å². The minimum absolute atomic E-state index is 0.0524. The quantitative estimate of drug-likeness (QED) is 0.440. The molecule has 1 heterocycles. The molecule has 0 fully saturated rings. The fraction of sp³-hybridized carbons (Fsp3) is 0.250. The summed E-state index contributed by atoms with van der Waals surface area (Å²) in [5.41, 5.74) is 2.90. The zero-order valence-electron chi connectivity index (χ0n) is 14.5. The smallest absolute Gasteiger partial charge is 0.252 e. The number of nitrogens with one attached hydrogen (secondary N) is 2. The van der Waals surface area contributed by atoms with Crippen LogP contribution in [-0.2, 0) is 11.2 Å². The van der Waals surface area contributed by atoms with Gasteiger partial charge in [0.25, 0.3) is 5.91 Å². The maximum Gasteiger partial charge on any atom is 0.252 e. The van der Waals surface area contributed by atoms with E-state index in [0.29, 0.717) is 23.7 Å². The molecule has 4 nitrogen and oxygen atoms in total. The second-order valence-electron chi connectivity index (χ2n) is 5.85. The van der Waals surface area contributed by atoms with Crippen LogP contribution in [0, 0.1) is 0 Å². The number of H-pyrrole nitrogens is 1. The minimum atomic E-state index is -0.0524. The average molecular weight is 389 g/mol. The first-order valence-corrected chi connectivity index (χ1v) is 9.80. The Hall–Kier alpha value is -1.95. The Morgan fingerprint density at radius 3 is 2.96 bits per heavy atom. The van der Waals surface area contributed by atoms with Gasteiger partial charge in [-0.2, -0.15) is 0 Å². The predicted octanol–water partition coefficient (Wildman–Crippen LogP) is 4.53. The van der Waals surface area contributed by atoms with Crippen LogP contribution in [0.1, 0.15) is 15.9 Å². The number of benzene rings is 2. The maximum absolute atomic E-state index is 12.6. The first-order valence-electron chi connectivity index (χ1n) is 8.43. The summed E-state index contributed by atoms with van der Waals surface area (Å²) in [5.74, 6) is 0.764. The molecule has 0 atom stereocenters. The number of carbonyl (C=O) groups is 1. The van der Waals surface area contributed by atoms with E-state index in [1.165, 1.54) is 0 Å². The van der Waals surface area contributed by atoms with Crippen LogP contribution in [0.5, 0.6) is 0 Å². The van der Waals surface area contributed by atoms with Crippen LogP contribution in [0.15, 0.2) is 53.6 Å². The molecule has 2 N–H and O–H groups in total. The molecule has 0 aliphatic rings. The van der Waals surface area contributed by atoms with Crippen LogP contribution < -0.4 is 5.32 Å². The number of aromatic nitrogens is 1. The standard InChI is InChI=1S/C20H21ClN2O2S/c1-25-10-11-26-19-5-3-2-4-16(19)20(24)22-9-8-14-13-23-18-7-6-15(21)12-17(14)18/h2-7,12-13,23H,8-11H2,1H3,(H,22,24). The average Bonchev–Trinajstić information content (AvgIpc) is 3.04. The molecule has 3 aromatic rings. The molecule has 6 heteroatoms. The van der Waals surface area contributed by atoms with Crippen molar-refractivity contribution in [3.8, 4) is 0 Å². The summed E-state index contributed by atoms with van der Waals surface area (Å²) in [6, 6.07) is 13.4. The van der Waals surface area contributed by atoms with E-state index in [0.717, 1.165) is 33.5 Å². The number of halogens is 1. The fourth-order valence-electron chi connectivity index (χ4n) is 2.78. The molecule has 0 aliphatic heterocycles. The van der Waals surface area contributed by atoms with E-state index in [4.69, 9.17) is 16.3 Å². The SMILES string of the molecule is COCCSc1ccccc1C(=O)NCCc1c[nH]c2ccc(Cl)cc12. The van der Waals surface area contributed by atoms with E-state index in [2.05, 4.69) is 10.3 Å². The Morgan fingerprint density at radius 1 is 1.27 bits per heavy atom.